The zero-order valence-corrected chi connectivity index (χ0v) is 12.6. The summed E-state index contributed by atoms with van der Waals surface area (Å²) in [7, 11) is 1.66. The molecule has 2 aromatic carbocycles. The maximum Gasteiger partial charge on any atom is 0.123 e. The van der Waals surface area contributed by atoms with Gasteiger partial charge in [0.1, 0.15) is 11.6 Å². The first-order valence-corrected chi connectivity index (χ1v) is 7.20. The molecule has 0 bridgehead atoms. The summed E-state index contributed by atoms with van der Waals surface area (Å²) in [5.74, 6) is 1.02. The molecule has 0 saturated carbocycles. The minimum absolute atomic E-state index is 0.185. The fourth-order valence-corrected chi connectivity index (χ4v) is 2.53. The number of rotatable bonds is 6. The van der Waals surface area contributed by atoms with Gasteiger partial charge in [0.15, 0.2) is 0 Å². The predicted molar refractivity (Wildman–Crippen MR) is 84.1 cm³/mol. The van der Waals surface area contributed by atoms with Crippen LogP contribution in [0, 0.1) is 18.7 Å². The van der Waals surface area contributed by atoms with E-state index >= 15 is 0 Å². The minimum Gasteiger partial charge on any atom is -0.497 e. The van der Waals surface area contributed by atoms with Crippen molar-refractivity contribution in [3.8, 4) is 5.75 Å². The van der Waals surface area contributed by atoms with Gasteiger partial charge < -0.3 is 10.5 Å². The van der Waals surface area contributed by atoms with Crippen molar-refractivity contribution in [3.05, 3.63) is 65.0 Å². The van der Waals surface area contributed by atoms with Gasteiger partial charge in [0.25, 0.3) is 0 Å². The van der Waals surface area contributed by atoms with Crippen molar-refractivity contribution in [1.82, 2.24) is 0 Å². The summed E-state index contributed by atoms with van der Waals surface area (Å²) in [4.78, 5) is 0. The fourth-order valence-electron chi connectivity index (χ4n) is 2.53. The smallest absolute Gasteiger partial charge is 0.123 e. The van der Waals surface area contributed by atoms with Crippen LogP contribution in [0.3, 0.4) is 0 Å². The number of halogens is 1. The van der Waals surface area contributed by atoms with Gasteiger partial charge in [-0.15, -0.1) is 0 Å². The van der Waals surface area contributed by atoms with Gasteiger partial charge in [0, 0.05) is 0 Å². The highest BCUT2D eigenvalue weighted by Crippen LogP contribution is 2.19. The first-order valence-electron chi connectivity index (χ1n) is 7.20. The highest BCUT2D eigenvalue weighted by Gasteiger charge is 2.11. The van der Waals surface area contributed by atoms with E-state index in [1.165, 1.54) is 17.2 Å². The average molecular weight is 287 g/mol. The van der Waals surface area contributed by atoms with Gasteiger partial charge in [-0.05, 0) is 73.2 Å². The van der Waals surface area contributed by atoms with Crippen LogP contribution in [0.4, 0.5) is 4.39 Å². The Kier molecular flexibility index (Phi) is 5.34. The van der Waals surface area contributed by atoms with Crippen molar-refractivity contribution in [2.45, 2.75) is 19.8 Å². The van der Waals surface area contributed by atoms with Crippen LogP contribution in [0.15, 0.2) is 42.5 Å². The van der Waals surface area contributed by atoms with Gasteiger partial charge >= 0.3 is 0 Å². The highest BCUT2D eigenvalue weighted by atomic mass is 19.1. The van der Waals surface area contributed by atoms with Gasteiger partial charge in [-0.1, -0.05) is 18.2 Å². The third-order valence-electron chi connectivity index (χ3n) is 3.83. The molecule has 0 amide bonds. The van der Waals surface area contributed by atoms with Crippen LogP contribution >= 0.6 is 0 Å². The van der Waals surface area contributed by atoms with E-state index in [0.717, 1.165) is 24.2 Å². The van der Waals surface area contributed by atoms with Crippen LogP contribution in [-0.4, -0.2) is 13.7 Å². The molecule has 0 aromatic heterocycles. The van der Waals surface area contributed by atoms with E-state index in [-0.39, 0.29) is 5.82 Å². The van der Waals surface area contributed by atoms with Crippen LogP contribution in [0.5, 0.6) is 5.75 Å². The number of hydrogen-bond acceptors (Lipinski definition) is 2. The summed E-state index contributed by atoms with van der Waals surface area (Å²) in [6.07, 6.45) is 1.78. The molecule has 2 nitrogen and oxygen atoms in total. The molecule has 0 spiro atoms. The van der Waals surface area contributed by atoms with Gasteiger partial charge in [0.2, 0.25) is 0 Å². The van der Waals surface area contributed by atoms with Crippen molar-refractivity contribution in [3.63, 3.8) is 0 Å². The largest absolute Gasteiger partial charge is 0.497 e. The Morgan fingerprint density at radius 1 is 1.10 bits per heavy atom. The summed E-state index contributed by atoms with van der Waals surface area (Å²) >= 11 is 0. The molecule has 0 aliphatic rings. The molecule has 0 aliphatic heterocycles. The van der Waals surface area contributed by atoms with Crippen LogP contribution in [0.25, 0.3) is 0 Å². The molecule has 112 valence electrons. The zero-order chi connectivity index (χ0) is 15.2. The first kappa shape index (κ1) is 15.5. The lowest BCUT2D eigenvalue weighted by molar-refractivity contribution is 0.414. The Labute approximate surface area is 125 Å². The Bertz CT molecular complexity index is 580. The molecule has 1 atom stereocenters. The van der Waals surface area contributed by atoms with Crippen molar-refractivity contribution in [2.24, 2.45) is 11.7 Å². The predicted octanol–water partition coefficient (Wildman–Crippen LogP) is 3.50. The molecular weight excluding hydrogens is 265 g/mol. The monoisotopic (exact) mass is 287 g/mol. The standard InChI is InChI=1S/C18H22FNO/c1-13-9-17(19)6-5-16(13)11-15(12-20)10-14-3-7-18(21-2)8-4-14/h3-9,15H,10-12,20H2,1-2H3. The molecule has 0 aliphatic carbocycles. The summed E-state index contributed by atoms with van der Waals surface area (Å²) in [6, 6.07) is 13.0. The van der Waals surface area contributed by atoms with Crippen molar-refractivity contribution in [1.29, 1.82) is 0 Å². The summed E-state index contributed by atoms with van der Waals surface area (Å²) in [5, 5.41) is 0. The second-order valence-electron chi connectivity index (χ2n) is 5.43. The van der Waals surface area contributed by atoms with Crippen LogP contribution in [0.2, 0.25) is 0 Å². The molecule has 2 N–H and O–H groups in total. The van der Waals surface area contributed by atoms with Crippen LogP contribution < -0.4 is 10.5 Å². The lowest BCUT2D eigenvalue weighted by atomic mass is 9.91. The number of hydrogen-bond donors (Lipinski definition) is 1. The maximum absolute atomic E-state index is 13.1. The van der Waals surface area contributed by atoms with Crippen LogP contribution in [-0.2, 0) is 12.8 Å². The molecule has 21 heavy (non-hydrogen) atoms. The quantitative estimate of drug-likeness (QED) is 0.882. The second kappa shape index (κ2) is 7.23. The minimum atomic E-state index is -0.185. The van der Waals surface area contributed by atoms with E-state index in [0.29, 0.717) is 12.5 Å². The van der Waals surface area contributed by atoms with Crippen LogP contribution in [0.1, 0.15) is 16.7 Å². The zero-order valence-electron chi connectivity index (χ0n) is 12.6. The topological polar surface area (TPSA) is 35.2 Å². The third kappa shape index (κ3) is 4.30. The Morgan fingerprint density at radius 2 is 1.81 bits per heavy atom. The molecular formula is C18H22FNO. The average Bonchev–Trinajstić information content (AvgIpc) is 2.49. The fraction of sp³-hybridized carbons (Fsp3) is 0.333. The molecule has 0 radical (unpaired) electrons. The number of methoxy groups -OCH3 is 1. The number of ether oxygens (including phenoxy) is 1. The van der Waals surface area contributed by atoms with Gasteiger partial charge in [-0.3, -0.25) is 0 Å². The summed E-state index contributed by atoms with van der Waals surface area (Å²) in [6.45, 7) is 2.56. The van der Waals surface area contributed by atoms with E-state index in [9.17, 15) is 4.39 Å². The van der Waals surface area contributed by atoms with E-state index in [1.54, 1.807) is 13.2 Å². The van der Waals surface area contributed by atoms with E-state index < -0.39 is 0 Å². The Morgan fingerprint density at radius 3 is 2.38 bits per heavy atom. The van der Waals surface area contributed by atoms with Crippen molar-refractivity contribution < 1.29 is 9.13 Å². The third-order valence-corrected chi connectivity index (χ3v) is 3.83. The van der Waals surface area contributed by atoms with E-state index in [1.807, 2.05) is 25.1 Å². The highest BCUT2D eigenvalue weighted by molar-refractivity contribution is 5.29. The lowest BCUT2D eigenvalue weighted by Gasteiger charge is -2.16. The molecule has 2 rings (SSSR count). The van der Waals surface area contributed by atoms with E-state index in [4.69, 9.17) is 10.5 Å². The normalized spacial score (nSPS) is 12.2. The van der Waals surface area contributed by atoms with Crippen molar-refractivity contribution in [2.75, 3.05) is 13.7 Å². The molecule has 0 heterocycles. The number of nitrogens with two attached hydrogens (primary N) is 1. The molecule has 0 saturated heterocycles. The maximum atomic E-state index is 13.1. The first-order chi connectivity index (χ1) is 10.1. The summed E-state index contributed by atoms with van der Waals surface area (Å²) < 4.78 is 18.3. The van der Waals surface area contributed by atoms with Gasteiger partial charge in [-0.2, -0.15) is 0 Å². The SMILES string of the molecule is COc1ccc(CC(CN)Cc2ccc(F)cc2C)cc1. The van der Waals surface area contributed by atoms with Gasteiger partial charge in [-0.25, -0.2) is 4.39 Å². The number of aryl methyl sites for hydroxylation is 1. The lowest BCUT2D eigenvalue weighted by Crippen LogP contribution is -2.19. The van der Waals surface area contributed by atoms with Gasteiger partial charge in [0.05, 0.1) is 7.11 Å². The summed E-state index contributed by atoms with van der Waals surface area (Å²) in [5.41, 5.74) is 9.30. The Balaban J connectivity index is 2.05. The number of benzene rings is 2. The molecule has 3 heteroatoms. The Hall–Kier alpha value is -1.87. The van der Waals surface area contributed by atoms with E-state index in [2.05, 4.69) is 12.1 Å². The second-order valence-corrected chi connectivity index (χ2v) is 5.43. The molecule has 2 aromatic rings. The molecule has 0 fully saturated rings. The van der Waals surface area contributed by atoms with Crippen molar-refractivity contribution >= 4 is 0 Å². The molecule has 1 unspecified atom stereocenters.